The van der Waals surface area contributed by atoms with Gasteiger partial charge in [0.1, 0.15) is 11.6 Å². The first-order chi connectivity index (χ1) is 19.9. The van der Waals surface area contributed by atoms with E-state index in [4.69, 9.17) is 19.3 Å². The molecule has 2 heterocycles. The highest BCUT2D eigenvalue weighted by atomic mass is 16.7. The molecule has 2 aromatic rings. The van der Waals surface area contributed by atoms with Crippen LogP contribution in [0.15, 0.2) is 48.5 Å². The van der Waals surface area contributed by atoms with Crippen molar-refractivity contribution in [1.82, 2.24) is 4.90 Å². The van der Waals surface area contributed by atoms with E-state index in [1.807, 2.05) is 57.2 Å². The summed E-state index contributed by atoms with van der Waals surface area (Å²) in [6, 6.07) is 14.5. The number of carboxylic acid groups (broad SMARTS) is 1. The van der Waals surface area contributed by atoms with Crippen LogP contribution in [0.2, 0.25) is 0 Å². The number of carboxylic acids is 1. The lowest BCUT2D eigenvalue weighted by Crippen LogP contribution is -2.48. The molecule has 10 nitrogen and oxygen atoms in total. The molecule has 0 aromatic heterocycles. The molecule has 2 saturated heterocycles. The van der Waals surface area contributed by atoms with Gasteiger partial charge in [-0.15, -0.1) is 0 Å². The van der Waals surface area contributed by atoms with Crippen LogP contribution in [0.4, 0.5) is 5.69 Å². The van der Waals surface area contributed by atoms with Gasteiger partial charge in [-0.25, -0.2) is 0 Å². The molecule has 228 valence electrons. The lowest BCUT2D eigenvalue weighted by molar-refractivity contribution is -0.276. The molecule has 0 aliphatic carbocycles. The second-order valence-electron chi connectivity index (χ2n) is 12.1. The molecule has 2 aliphatic rings. The number of hydrogen-bond acceptors (Lipinski definition) is 8. The van der Waals surface area contributed by atoms with Gasteiger partial charge in [-0.1, -0.05) is 43.3 Å². The van der Waals surface area contributed by atoms with Gasteiger partial charge in [0.2, 0.25) is 5.91 Å². The molecule has 0 saturated carbocycles. The minimum Gasteiger partial charge on any atom is -0.481 e. The second kappa shape index (κ2) is 13.8. The lowest BCUT2D eigenvalue weighted by atomic mass is 9.90. The summed E-state index contributed by atoms with van der Waals surface area (Å²) in [5.41, 5.74) is 2.52. The van der Waals surface area contributed by atoms with Gasteiger partial charge in [0.05, 0.1) is 25.2 Å². The normalized spacial score (nSPS) is 24.7. The van der Waals surface area contributed by atoms with E-state index in [0.717, 1.165) is 36.1 Å². The molecule has 0 radical (unpaired) electrons. The van der Waals surface area contributed by atoms with Crippen LogP contribution in [0.1, 0.15) is 82.5 Å². The highest BCUT2D eigenvalue weighted by molar-refractivity contribution is 5.92. The average molecular weight is 583 g/mol. The fourth-order valence-corrected chi connectivity index (χ4v) is 5.41. The topological polar surface area (TPSA) is 135 Å². The number of carbonyl (C=O) groups excluding carboxylic acids is 2. The van der Waals surface area contributed by atoms with Crippen LogP contribution in [0.5, 0.6) is 0 Å². The van der Waals surface area contributed by atoms with Crippen LogP contribution >= 0.6 is 0 Å². The Hall–Kier alpha value is -3.31. The third kappa shape index (κ3) is 8.38. The maximum Gasteiger partial charge on any atom is 0.323 e. The molecule has 0 bridgehead atoms. The average Bonchev–Trinajstić information content (AvgIpc) is 3.41. The molecule has 0 unspecified atom stereocenters. The number of esters is 1. The zero-order valence-corrected chi connectivity index (χ0v) is 24.7. The van der Waals surface area contributed by atoms with Crippen LogP contribution in [-0.2, 0) is 35.2 Å². The van der Waals surface area contributed by atoms with E-state index in [1.165, 1.54) is 0 Å². The summed E-state index contributed by atoms with van der Waals surface area (Å²) >= 11 is 0. The Morgan fingerprint density at radius 2 is 1.67 bits per heavy atom. The number of carbonyl (C=O) groups is 3. The molecule has 2 aromatic carbocycles. The van der Waals surface area contributed by atoms with E-state index in [2.05, 4.69) is 17.1 Å². The zero-order valence-electron chi connectivity index (χ0n) is 24.7. The van der Waals surface area contributed by atoms with Crippen LogP contribution in [-0.4, -0.2) is 63.8 Å². The monoisotopic (exact) mass is 582 g/mol. The number of likely N-dealkylation sites (tertiary alicyclic amines) is 1. The number of aliphatic hydroxyl groups excluding tert-OH is 1. The number of hydrogen-bond donors (Lipinski definition) is 3. The first-order valence-electron chi connectivity index (χ1n) is 14.5. The summed E-state index contributed by atoms with van der Waals surface area (Å²) in [5.74, 6) is -1.66. The minimum atomic E-state index is -1.03. The minimum absolute atomic E-state index is 0.0457. The van der Waals surface area contributed by atoms with Crippen molar-refractivity contribution in [2.24, 2.45) is 5.92 Å². The molecule has 5 atom stereocenters. The summed E-state index contributed by atoms with van der Waals surface area (Å²) < 4.78 is 18.8. The lowest BCUT2D eigenvalue weighted by Gasteiger charge is -2.43. The summed E-state index contributed by atoms with van der Waals surface area (Å²) in [5, 5.41) is 21.0. The summed E-state index contributed by atoms with van der Waals surface area (Å²) in [6.07, 6.45) is 0.0262. The van der Waals surface area contributed by atoms with Gasteiger partial charge in [0, 0.05) is 30.1 Å². The van der Waals surface area contributed by atoms with Crippen LogP contribution < -0.4 is 5.32 Å². The SMILES string of the molecule is C[C@H]1[C@@H](CN2CCC[C@H]2C(=O)OC(C)(C)C)O[C@@H](c2ccc(NC(=O)CCC(=O)O)cc2)O[C@H]1c1ccc(CO)cc1. The van der Waals surface area contributed by atoms with Gasteiger partial charge >= 0.3 is 11.9 Å². The van der Waals surface area contributed by atoms with Gasteiger partial charge in [0.25, 0.3) is 0 Å². The number of nitrogens with one attached hydrogen (secondary N) is 1. The van der Waals surface area contributed by atoms with Crippen molar-refractivity contribution in [3.05, 3.63) is 65.2 Å². The highest BCUT2D eigenvalue weighted by Gasteiger charge is 2.42. The zero-order chi connectivity index (χ0) is 30.4. The van der Waals surface area contributed by atoms with E-state index in [0.29, 0.717) is 12.2 Å². The summed E-state index contributed by atoms with van der Waals surface area (Å²) in [7, 11) is 0. The molecular formula is C32H42N2O8. The van der Waals surface area contributed by atoms with Crippen molar-refractivity contribution in [3.8, 4) is 0 Å². The molecule has 3 N–H and O–H groups in total. The Morgan fingerprint density at radius 3 is 2.29 bits per heavy atom. The molecule has 0 spiro atoms. The van der Waals surface area contributed by atoms with Gasteiger partial charge < -0.3 is 29.7 Å². The quantitative estimate of drug-likeness (QED) is 0.344. The molecule has 1 amide bonds. The summed E-state index contributed by atoms with van der Waals surface area (Å²) in [6.45, 7) is 8.96. The Bertz CT molecular complexity index is 1220. The van der Waals surface area contributed by atoms with Gasteiger partial charge in [-0.2, -0.15) is 0 Å². The number of aliphatic carboxylic acids is 1. The van der Waals surface area contributed by atoms with Crippen molar-refractivity contribution in [2.45, 2.75) is 90.1 Å². The Kier molecular flexibility index (Phi) is 10.4. The van der Waals surface area contributed by atoms with Crippen molar-refractivity contribution < 1.29 is 38.8 Å². The predicted octanol–water partition coefficient (Wildman–Crippen LogP) is 4.58. The largest absolute Gasteiger partial charge is 0.481 e. The number of rotatable bonds is 10. The Balaban J connectivity index is 1.53. The third-order valence-corrected chi connectivity index (χ3v) is 7.61. The van der Waals surface area contributed by atoms with Crippen molar-refractivity contribution >= 4 is 23.5 Å². The fourth-order valence-electron chi connectivity index (χ4n) is 5.41. The van der Waals surface area contributed by atoms with Gasteiger partial charge in [-0.05, 0) is 63.4 Å². The van der Waals surface area contributed by atoms with Crippen molar-refractivity contribution in [2.75, 3.05) is 18.4 Å². The Morgan fingerprint density at radius 1 is 1.00 bits per heavy atom. The number of nitrogens with zero attached hydrogens (tertiary/aromatic N) is 1. The highest BCUT2D eigenvalue weighted by Crippen LogP contribution is 2.42. The van der Waals surface area contributed by atoms with Gasteiger partial charge in [-0.3, -0.25) is 19.3 Å². The van der Waals surface area contributed by atoms with Gasteiger partial charge in [0.15, 0.2) is 6.29 Å². The number of benzene rings is 2. The molecule has 10 heteroatoms. The first kappa shape index (κ1) is 31.6. The summed E-state index contributed by atoms with van der Waals surface area (Å²) in [4.78, 5) is 38.0. The van der Waals surface area contributed by atoms with Crippen LogP contribution in [0.25, 0.3) is 0 Å². The molecular weight excluding hydrogens is 540 g/mol. The smallest absolute Gasteiger partial charge is 0.323 e. The van der Waals surface area contributed by atoms with E-state index < -0.39 is 17.9 Å². The maximum absolute atomic E-state index is 13.0. The standard InChI is InChI=1S/C32H42N2O8/c1-20-26(18-34-17-5-6-25(34)30(39)42-32(2,3)4)40-31(41-29(20)22-9-7-21(19-35)8-10-22)23-11-13-24(14-12-23)33-27(36)15-16-28(37)38/h7-14,20,25-26,29,31,35H,5-6,15-19H2,1-4H3,(H,33,36)(H,37,38)/t20-,25-,26+,29+,31+/m0/s1. The molecule has 2 fully saturated rings. The molecule has 4 rings (SSSR count). The third-order valence-electron chi connectivity index (χ3n) is 7.61. The van der Waals surface area contributed by atoms with E-state index >= 15 is 0 Å². The van der Waals surface area contributed by atoms with E-state index in [9.17, 15) is 19.5 Å². The Labute approximate surface area is 246 Å². The van der Waals surface area contributed by atoms with Crippen LogP contribution in [0, 0.1) is 5.92 Å². The van der Waals surface area contributed by atoms with E-state index in [-0.39, 0.29) is 55.5 Å². The fraction of sp³-hybridized carbons (Fsp3) is 0.531. The number of ether oxygens (including phenoxy) is 3. The maximum atomic E-state index is 13.0. The number of aliphatic hydroxyl groups is 1. The van der Waals surface area contributed by atoms with E-state index in [1.54, 1.807) is 12.1 Å². The first-order valence-corrected chi connectivity index (χ1v) is 14.5. The van der Waals surface area contributed by atoms with Crippen molar-refractivity contribution in [1.29, 1.82) is 0 Å². The number of amides is 1. The van der Waals surface area contributed by atoms with Crippen molar-refractivity contribution in [3.63, 3.8) is 0 Å². The molecule has 2 aliphatic heterocycles. The predicted molar refractivity (Wildman–Crippen MR) is 155 cm³/mol. The second-order valence-corrected chi connectivity index (χ2v) is 12.1. The molecule has 42 heavy (non-hydrogen) atoms. The van der Waals surface area contributed by atoms with Crippen LogP contribution in [0.3, 0.4) is 0 Å². The number of anilines is 1.